The minimum absolute atomic E-state index is 0.0499. The Labute approximate surface area is 195 Å². The highest BCUT2D eigenvalue weighted by Gasteiger charge is 2.20. The minimum Gasteiger partial charge on any atom is -0.352 e. The molecule has 0 aliphatic heterocycles. The van der Waals surface area contributed by atoms with Crippen molar-refractivity contribution in [3.63, 3.8) is 0 Å². The number of nitrogens with one attached hydrogen (secondary N) is 2. The van der Waals surface area contributed by atoms with Gasteiger partial charge in [-0.05, 0) is 42.8 Å². The lowest BCUT2D eigenvalue weighted by Gasteiger charge is -2.14. The molecule has 0 fully saturated rings. The zero-order chi connectivity index (χ0) is 23.4. The third-order valence-electron chi connectivity index (χ3n) is 5.03. The third-order valence-corrected chi connectivity index (χ3v) is 5.27. The lowest BCUT2D eigenvalue weighted by atomic mass is 10.1. The van der Waals surface area contributed by atoms with Gasteiger partial charge in [-0.25, -0.2) is 0 Å². The highest BCUT2D eigenvalue weighted by atomic mass is 35.5. The number of rotatable bonds is 6. The van der Waals surface area contributed by atoms with Gasteiger partial charge in [0.2, 0.25) is 0 Å². The highest BCUT2D eigenvalue weighted by Crippen LogP contribution is 2.23. The number of fused-ring (bicyclic) bond motifs is 1. The molecule has 4 aromatic rings. The van der Waals surface area contributed by atoms with E-state index in [2.05, 4.69) is 15.7 Å². The first kappa shape index (κ1) is 22.2. The summed E-state index contributed by atoms with van der Waals surface area (Å²) in [5.74, 6) is -0.890. The van der Waals surface area contributed by atoms with Gasteiger partial charge in [0.1, 0.15) is 0 Å². The molecule has 4 rings (SSSR count). The molecule has 8 heteroatoms. The molecule has 0 radical (unpaired) electrons. The summed E-state index contributed by atoms with van der Waals surface area (Å²) in [6.45, 7) is 2.45. The van der Waals surface area contributed by atoms with Crippen molar-refractivity contribution in [2.75, 3.05) is 11.9 Å². The van der Waals surface area contributed by atoms with Crippen molar-refractivity contribution in [1.29, 1.82) is 0 Å². The second kappa shape index (κ2) is 9.67. The molecule has 0 spiro atoms. The topological polar surface area (TPSA) is 93.1 Å². The van der Waals surface area contributed by atoms with Crippen LogP contribution < -0.4 is 16.2 Å². The summed E-state index contributed by atoms with van der Waals surface area (Å²) in [5.41, 5.74) is 0.778. The van der Waals surface area contributed by atoms with E-state index >= 15 is 0 Å². The van der Waals surface area contributed by atoms with E-state index in [0.717, 1.165) is 6.42 Å². The molecule has 0 aliphatic carbocycles. The Bertz CT molecular complexity index is 1400. The van der Waals surface area contributed by atoms with Gasteiger partial charge in [-0.2, -0.15) is 9.78 Å². The van der Waals surface area contributed by atoms with E-state index in [1.807, 2.05) is 13.0 Å². The van der Waals surface area contributed by atoms with Gasteiger partial charge in [0.05, 0.1) is 22.3 Å². The quantitative estimate of drug-likeness (QED) is 0.445. The van der Waals surface area contributed by atoms with Crippen molar-refractivity contribution >= 4 is 39.9 Å². The monoisotopic (exact) mass is 460 g/mol. The molecule has 0 unspecified atom stereocenters. The summed E-state index contributed by atoms with van der Waals surface area (Å²) < 4.78 is 1.20. The van der Waals surface area contributed by atoms with Crippen LogP contribution in [0, 0.1) is 0 Å². The van der Waals surface area contributed by atoms with Crippen LogP contribution in [-0.4, -0.2) is 28.1 Å². The second-order valence-corrected chi connectivity index (χ2v) is 7.78. The number of hydrogen-bond acceptors (Lipinski definition) is 4. The van der Waals surface area contributed by atoms with E-state index in [1.54, 1.807) is 60.7 Å². The number of hydrogen-bond donors (Lipinski definition) is 2. The zero-order valence-corrected chi connectivity index (χ0v) is 18.6. The van der Waals surface area contributed by atoms with E-state index < -0.39 is 5.91 Å². The number of carbonyl (C=O) groups is 2. The van der Waals surface area contributed by atoms with Gasteiger partial charge in [0, 0.05) is 17.0 Å². The second-order valence-electron chi connectivity index (χ2n) is 7.35. The van der Waals surface area contributed by atoms with Gasteiger partial charge in [-0.1, -0.05) is 54.9 Å². The first-order valence-corrected chi connectivity index (χ1v) is 10.8. The number of nitrogens with zero attached hydrogens (tertiary/aromatic N) is 2. The molecule has 0 atom stereocenters. The maximum atomic E-state index is 13.4. The molecule has 0 aliphatic rings. The average Bonchev–Trinajstić information content (AvgIpc) is 2.83. The van der Waals surface area contributed by atoms with Crippen molar-refractivity contribution < 1.29 is 9.59 Å². The maximum absolute atomic E-state index is 13.4. The number of aromatic nitrogens is 2. The van der Waals surface area contributed by atoms with Crippen molar-refractivity contribution in [1.82, 2.24) is 15.1 Å². The summed E-state index contributed by atoms with van der Waals surface area (Å²) in [4.78, 5) is 39.0. The molecular formula is C25H21ClN4O3. The Kier molecular flexibility index (Phi) is 6.51. The average molecular weight is 461 g/mol. The standard InChI is InChI=1S/C25H21ClN4O3/c1-2-14-27-23(31)20-13-12-16(26)15-21(20)28-24(32)22-18-10-6-7-11-19(18)25(33)30(29-22)17-8-4-3-5-9-17/h3-13,15H,2,14H2,1H3,(H,27,31)(H,28,32). The molecule has 0 saturated heterocycles. The number of anilines is 1. The van der Waals surface area contributed by atoms with Crippen LogP contribution in [0.3, 0.4) is 0 Å². The van der Waals surface area contributed by atoms with Gasteiger partial charge < -0.3 is 10.6 Å². The molecule has 2 N–H and O–H groups in total. The number of carbonyl (C=O) groups excluding carboxylic acids is 2. The fraction of sp³-hybridized carbons (Fsp3) is 0.120. The normalized spacial score (nSPS) is 10.7. The van der Waals surface area contributed by atoms with Crippen LogP contribution >= 0.6 is 11.6 Å². The van der Waals surface area contributed by atoms with Crippen molar-refractivity contribution in [3.05, 3.63) is 99.4 Å². The molecule has 1 heterocycles. The van der Waals surface area contributed by atoms with Gasteiger partial charge in [-0.15, -0.1) is 0 Å². The summed E-state index contributed by atoms with van der Waals surface area (Å²) in [7, 11) is 0. The largest absolute Gasteiger partial charge is 0.352 e. The number of amides is 2. The lowest BCUT2D eigenvalue weighted by Crippen LogP contribution is -2.28. The third kappa shape index (κ3) is 4.63. The molecule has 7 nitrogen and oxygen atoms in total. The number of benzene rings is 3. The van der Waals surface area contributed by atoms with E-state index in [9.17, 15) is 14.4 Å². The molecule has 0 bridgehead atoms. The molecule has 33 heavy (non-hydrogen) atoms. The fourth-order valence-corrected chi connectivity index (χ4v) is 3.61. The van der Waals surface area contributed by atoms with E-state index in [1.165, 1.54) is 10.7 Å². The van der Waals surface area contributed by atoms with E-state index in [0.29, 0.717) is 28.0 Å². The Morgan fingerprint density at radius 3 is 2.36 bits per heavy atom. The lowest BCUT2D eigenvalue weighted by molar-refractivity contribution is 0.0954. The summed E-state index contributed by atoms with van der Waals surface area (Å²) >= 11 is 6.13. The van der Waals surface area contributed by atoms with Crippen LogP contribution in [0.25, 0.3) is 16.5 Å². The smallest absolute Gasteiger partial charge is 0.279 e. The molecule has 0 saturated carbocycles. The summed E-state index contributed by atoms with van der Waals surface area (Å²) in [6.07, 6.45) is 0.776. The van der Waals surface area contributed by atoms with Crippen LogP contribution in [0.15, 0.2) is 77.6 Å². The van der Waals surface area contributed by atoms with Crippen molar-refractivity contribution in [2.45, 2.75) is 13.3 Å². The summed E-state index contributed by atoms with van der Waals surface area (Å²) in [5, 5.41) is 11.0. The van der Waals surface area contributed by atoms with Crippen LogP contribution in [0.4, 0.5) is 5.69 Å². The van der Waals surface area contributed by atoms with Crippen LogP contribution in [-0.2, 0) is 0 Å². The Morgan fingerprint density at radius 1 is 0.939 bits per heavy atom. The van der Waals surface area contributed by atoms with Crippen LogP contribution in [0.1, 0.15) is 34.2 Å². The molecule has 2 amide bonds. The fourth-order valence-electron chi connectivity index (χ4n) is 3.43. The SMILES string of the molecule is CCCNC(=O)c1ccc(Cl)cc1NC(=O)c1nn(-c2ccccc2)c(=O)c2ccccc12. The first-order chi connectivity index (χ1) is 16.0. The Hall–Kier alpha value is -3.97. The van der Waals surface area contributed by atoms with Crippen molar-refractivity contribution in [2.24, 2.45) is 0 Å². The highest BCUT2D eigenvalue weighted by molar-refractivity contribution is 6.31. The van der Waals surface area contributed by atoms with E-state index in [4.69, 9.17) is 11.6 Å². The van der Waals surface area contributed by atoms with Crippen molar-refractivity contribution in [3.8, 4) is 5.69 Å². The Balaban J connectivity index is 1.80. The zero-order valence-electron chi connectivity index (χ0n) is 17.8. The van der Waals surface area contributed by atoms with E-state index in [-0.39, 0.29) is 28.4 Å². The molecule has 166 valence electrons. The molecular weight excluding hydrogens is 440 g/mol. The maximum Gasteiger partial charge on any atom is 0.279 e. The Morgan fingerprint density at radius 2 is 1.64 bits per heavy atom. The predicted molar refractivity (Wildman–Crippen MR) is 129 cm³/mol. The first-order valence-electron chi connectivity index (χ1n) is 10.5. The number of halogens is 1. The van der Waals surface area contributed by atoms with Gasteiger partial charge >= 0.3 is 0 Å². The van der Waals surface area contributed by atoms with Crippen LogP contribution in [0.5, 0.6) is 0 Å². The van der Waals surface area contributed by atoms with Gasteiger partial charge in [-0.3, -0.25) is 14.4 Å². The van der Waals surface area contributed by atoms with Crippen LogP contribution in [0.2, 0.25) is 5.02 Å². The molecule has 1 aromatic heterocycles. The van der Waals surface area contributed by atoms with Gasteiger partial charge in [0.15, 0.2) is 5.69 Å². The predicted octanol–water partition coefficient (Wildman–Crippen LogP) is 4.43. The minimum atomic E-state index is -0.567. The number of para-hydroxylation sites is 1. The van der Waals surface area contributed by atoms with Gasteiger partial charge in [0.25, 0.3) is 17.4 Å². The summed E-state index contributed by atoms with van der Waals surface area (Å²) in [6, 6.07) is 20.3. The molecule has 3 aromatic carbocycles.